The van der Waals surface area contributed by atoms with Crippen molar-refractivity contribution in [3.8, 4) is 0 Å². The van der Waals surface area contributed by atoms with Gasteiger partial charge in [0.05, 0.1) is 22.0 Å². The van der Waals surface area contributed by atoms with Gasteiger partial charge in [-0.15, -0.1) is 5.06 Å². The second-order valence-corrected chi connectivity index (χ2v) is 7.73. The minimum absolute atomic E-state index is 0.0217. The molecule has 4 rings (SSSR count). The van der Waals surface area contributed by atoms with E-state index in [9.17, 15) is 18.0 Å². The summed E-state index contributed by atoms with van der Waals surface area (Å²) in [6, 6.07) is 12.4. The number of amides is 1. The van der Waals surface area contributed by atoms with E-state index in [1.54, 1.807) is 0 Å². The molecule has 2 N–H and O–H groups in total. The van der Waals surface area contributed by atoms with E-state index in [2.05, 4.69) is 10.8 Å². The summed E-state index contributed by atoms with van der Waals surface area (Å²) in [5, 5.41) is 3.69. The Morgan fingerprint density at radius 2 is 1.87 bits per heavy atom. The maximum Gasteiger partial charge on any atom is 0.430 e. The van der Waals surface area contributed by atoms with Crippen LogP contribution in [0.4, 0.5) is 23.7 Å². The predicted octanol–water partition coefficient (Wildman–Crippen LogP) is 5.23. The van der Waals surface area contributed by atoms with Crippen molar-refractivity contribution >= 4 is 29.1 Å². The Bertz CT molecular complexity index is 990. The van der Waals surface area contributed by atoms with E-state index < -0.39 is 23.4 Å². The van der Waals surface area contributed by atoms with Gasteiger partial charge in [-0.1, -0.05) is 41.9 Å². The van der Waals surface area contributed by atoms with Crippen LogP contribution in [0, 0.1) is 0 Å². The maximum atomic E-state index is 12.9. The third-order valence-electron chi connectivity index (χ3n) is 5.17. The van der Waals surface area contributed by atoms with Crippen LogP contribution < -0.4 is 10.8 Å². The van der Waals surface area contributed by atoms with Crippen LogP contribution in [0.1, 0.15) is 24.0 Å². The first kappa shape index (κ1) is 21.5. The third kappa shape index (κ3) is 4.95. The van der Waals surface area contributed by atoms with Gasteiger partial charge in [-0.2, -0.15) is 13.2 Å². The fourth-order valence-electron chi connectivity index (χ4n) is 3.49. The Balaban J connectivity index is 1.34. The van der Waals surface area contributed by atoms with E-state index in [0.717, 1.165) is 29.5 Å². The van der Waals surface area contributed by atoms with E-state index in [-0.39, 0.29) is 10.7 Å². The number of anilines is 1. The number of carbonyl (C=O) groups is 1. The minimum Gasteiger partial charge on any atom is -0.351 e. The molecular weight excluding hydrogens is 435 g/mol. The second kappa shape index (κ2) is 8.41. The second-order valence-electron chi connectivity index (χ2n) is 7.32. The zero-order chi connectivity index (χ0) is 22.1. The van der Waals surface area contributed by atoms with E-state index in [1.807, 2.05) is 36.4 Å². The molecule has 1 fully saturated rings. The number of nitrogens with zero attached hydrogens (tertiary/aromatic N) is 1. The Morgan fingerprint density at radius 3 is 2.55 bits per heavy atom. The van der Waals surface area contributed by atoms with Crippen molar-refractivity contribution in [1.29, 1.82) is 0 Å². The van der Waals surface area contributed by atoms with Gasteiger partial charge < -0.3 is 4.84 Å². The molecule has 0 bridgehead atoms. The predicted molar refractivity (Wildman–Crippen MR) is 109 cm³/mol. The van der Waals surface area contributed by atoms with Gasteiger partial charge in [0, 0.05) is 13.1 Å². The van der Waals surface area contributed by atoms with Crippen LogP contribution in [0.2, 0.25) is 5.02 Å². The molecule has 0 saturated carbocycles. The molecule has 2 aromatic carbocycles. The molecule has 2 aromatic rings. The molecule has 2 aliphatic heterocycles. The van der Waals surface area contributed by atoms with Gasteiger partial charge in [-0.05, 0) is 42.7 Å². The van der Waals surface area contributed by atoms with E-state index >= 15 is 0 Å². The van der Waals surface area contributed by atoms with Gasteiger partial charge in [0.25, 0.3) is 0 Å². The summed E-state index contributed by atoms with van der Waals surface area (Å²) in [7, 11) is 0. The van der Waals surface area contributed by atoms with Crippen molar-refractivity contribution in [2.24, 2.45) is 0 Å². The van der Waals surface area contributed by atoms with Crippen LogP contribution in [0.25, 0.3) is 5.70 Å². The lowest BCUT2D eigenvalue weighted by molar-refractivity contribution is -0.153. The largest absolute Gasteiger partial charge is 0.430 e. The van der Waals surface area contributed by atoms with Crippen molar-refractivity contribution < 1.29 is 27.6 Å². The molecule has 0 radical (unpaired) electrons. The summed E-state index contributed by atoms with van der Waals surface area (Å²) >= 11 is 5.90. The molecule has 6 nitrogen and oxygen atoms in total. The molecule has 164 valence electrons. The molecule has 0 unspecified atom stereocenters. The highest BCUT2D eigenvalue weighted by molar-refractivity contribution is 6.33. The number of hydroxylamine groups is 3. The van der Waals surface area contributed by atoms with Crippen molar-refractivity contribution in [3.05, 3.63) is 70.8 Å². The average molecular weight is 454 g/mol. The van der Waals surface area contributed by atoms with Gasteiger partial charge >= 0.3 is 12.3 Å². The summed E-state index contributed by atoms with van der Waals surface area (Å²) in [5.74, 6) is 0. The van der Waals surface area contributed by atoms with Crippen LogP contribution in [-0.4, -0.2) is 29.8 Å². The molecule has 0 atom stereocenters. The number of halogens is 4. The summed E-state index contributed by atoms with van der Waals surface area (Å²) in [6.07, 6.45) is -2.31. The van der Waals surface area contributed by atoms with Gasteiger partial charge in [-0.3, -0.25) is 15.6 Å². The first-order valence-electron chi connectivity index (χ1n) is 9.57. The SMILES string of the molecule is O=C(Nc1cc(C(F)(F)F)ccc1Cl)ON1CCC2(C=C(c3ccccc3)NO2)CC1. The van der Waals surface area contributed by atoms with Crippen LogP contribution in [0.5, 0.6) is 0 Å². The highest BCUT2D eigenvalue weighted by atomic mass is 35.5. The first-order valence-corrected chi connectivity index (χ1v) is 9.95. The molecule has 31 heavy (non-hydrogen) atoms. The van der Waals surface area contributed by atoms with Crippen molar-refractivity contribution in [2.75, 3.05) is 18.4 Å². The topological polar surface area (TPSA) is 62.8 Å². The lowest BCUT2D eigenvalue weighted by atomic mass is 9.91. The summed E-state index contributed by atoms with van der Waals surface area (Å²) in [5.41, 5.74) is 3.25. The average Bonchev–Trinajstić information content (AvgIpc) is 3.15. The number of piperidine rings is 1. The molecule has 2 aliphatic rings. The molecular formula is C21H19ClF3N3O3. The fraction of sp³-hybridized carbons (Fsp3) is 0.286. The molecule has 1 amide bonds. The summed E-state index contributed by atoms with van der Waals surface area (Å²) < 4.78 is 38.6. The summed E-state index contributed by atoms with van der Waals surface area (Å²) in [6.45, 7) is 0.786. The number of benzene rings is 2. The maximum absolute atomic E-state index is 12.9. The quantitative estimate of drug-likeness (QED) is 0.666. The van der Waals surface area contributed by atoms with Gasteiger partial charge in [0.1, 0.15) is 5.60 Å². The Kier molecular flexibility index (Phi) is 5.83. The Morgan fingerprint density at radius 1 is 1.16 bits per heavy atom. The molecule has 0 aliphatic carbocycles. The van der Waals surface area contributed by atoms with Crippen molar-refractivity contribution in [2.45, 2.75) is 24.6 Å². The Labute approximate surface area is 181 Å². The van der Waals surface area contributed by atoms with Crippen LogP contribution in [0.3, 0.4) is 0 Å². The van der Waals surface area contributed by atoms with Gasteiger partial charge in [0.2, 0.25) is 0 Å². The number of nitrogens with one attached hydrogen (secondary N) is 2. The highest BCUT2D eigenvalue weighted by Gasteiger charge is 2.40. The summed E-state index contributed by atoms with van der Waals surface area (Å²) in [4.78, 5) is 23.2. The fourth-order valence-corrected chi connectivity index (χ4v) is 3.65. The molecule has 10 heteroatoms. The normalized spacial score (nSPS) is 18.4. The van der Waals surface area contributed by atoms with Gasteiger partial charge in [0.15, 0.2) is 0 Å². The number of rotatable bonds is 3. The molecule has 2 heterocycles. The highest BCUT2D eigenvalue weighted by Crippen LogP contribution is 2.36. The number of carbonyl (C=O) groups excluding carboxylic acids is 1. The van der Waals surface area contributed by atoms with Crippen LogP contribution >= 0.6 is 11.6 Å². The molecule has 0 aromatic heterocycles. The lowest BCUT2D eigenvalue weighted by Gasteiger charge is -2.35. The number of alkyl halides is 3. The van der Waals surface area contributed by atoms with Crippen molar-refractivity contribution in [3.63, 3.8) is 0 Å². The monoisotopic (exact) mass is 453 g/mol. The van der Waals surface area contributed by atoms with Crippen molar-refractivity contribution in [1.82, 2.24) is 10.5 Å². The standard InChI is InChI=1S/C21H19ClF3N3O3/c22-16-7-6-15(21(23,24)25)12-17(16)26-19(29)30-28-10-8-20(9-11-28)13-18(27-31-20)14-4-2-1-3-5-14/h1-7,12-13,27H,8-11H2,(H,26,29). The van der Waals surface area contributed by atoms with E-state index in [1.165, 1.54) is 5.06 Å². The zero-order valence-electron chi connectivity index (χ0n) is 16.2. The van der Waals surface area contributed by atoms with E-state index in [0.29, 0.717) is 25.9 Å². The zero-order valence-corrected chi connectivity index (χ0v) is 17.0. The number of hydrogen-bond acceptors (Lipinski definition) is 5. The van der Waals surface area contributed by atoms with E-state index in [4.69, 9.17) is 21.3 Å². The molecule has 1 saturated heterocycles. The van der Waals surface area contributed by atoms with Crippen LogP contribution in [0.15, 0.2) is 54.6 Å². The minimum atomic E-state index is -4.55. The van der Waals surface area contributed by atoms with Crippen LogP contribution in [-0.2, 0) is 15.9 Å². The smallest absolute Gasteiger partial charge is 0.351 e. The first-order chi connectivity index (χ1) is 14.7. The Hall–Kier alpha value is -2.75. The molecule has 1 spiro atoms. The van der Waals surface area contributed by atoms with Gasteiger partial charge in [-0.25, -0.2) is 4.79 Å². The lowest BCUT2D eigenvalue weighted by Crippen LogP contribution is -2.45. The third-order valence-corrected chi connectivity index (χ3v) is 5.50. The number of hydrogen-bond donors (Lipinski definition) is 2.